The van der Waals surface area contributed by atoms with E-state index in [1.165, 1.54) is 6.92 Å². The van der Waals surface area contributed by atoms with Gasteiger partial charge in [0.1, 0.15) is 17.3 Å². The van der Waals surface area contributed by atoms with Gasteiger partial charge in [-0.15, -0.1) is 0 Å². The van der Waals surface area contributed by atoms with E-state index in [9.17, 15) is 29.4 Å². The topological polar surface area (TPSA) is 161 Å². The maximum Gasteiger partial charge on any atom is 0.340 e. The van der Waals surface area contributed by atoms with E-state index in [0.29, 0.717) is 32.4 Å². The summed E-state index contributed by atoms with van der Waals surface area (Å²) in [6, 6.07) is 5.95. The number of hydrogen-bond acceptors (Lipinski definition) is 12. The number of methoxy groups -OCH3 is 3. The van der Waals surface area contributed by atoms with E-state index >= 15 is 0 Å². The molecule has 2 heterocycles. The van der Waals surface area contributed by atoms with Gasteiger partial charge in [-0.25, -0.2) is 9.69 Å². The zero-order valence-electron chi connectivity index (χ0n) is 30.2. The largest absolute Gasteiger partial charge is 0.462 e. The summed E-state index contributed by atoms with van der Waals surface area (Å²) >= 11 is 0. The minimum absolute atomic E-state index is 0.0201. The molecule has 51 heavy (non-hydrogen) atoms. The fourth-order valence-electron chi connectivity index (χ4n) is 13.2. The summed E-state index contributed by atoms with van der Waals surface area (Å²) in [5.74, 6) is -3.74. The van der Waals surface area contributed by atoms with E-state index in [2.05, 4.69) is 4.90 Å². The van der Waals surface area contributed by atoms with Gasteiger partial charge in [0.15, 0.2) is 0 Å². The number of likely N-dealkylation sites (N-methyl/N-ethyl adjacent to an activating group) is 1. The van der Waals surface area contributed by atoms with Crippen molar-refractivity contribution in [2.24, 2.45) is 40.4 Å². The number of aliphatic hydroxyl groups is 2. The van der Waals surface area contributed by atoms with Crippen LogP contribution in [0.4, 0.5) is 5.69 Å². The van der Waals surface area contributed by atoms with Crippen molar-refractivity contribution < 1.29 is 53.1 Å². The fraction of sp³-hybridized carbons (Fsp3) is 0.737. The predicted molar refractivity (Wildman–Crippen MR) is 179 cm³/mol. The van der Waals surface area contributed by atoms with E-state index in [-0.39, 0.29) is 60.5 Å². The van der Waals surface area contributed by atoms with Gasteiger partial charge >= 0.3 is 11.9 Å². The number of piperidine rings is 1. The number of imide groups is 1. The second-order valence-corrected chi connectivity index (χ2v) is 16.3. The summed E-state index contributed by atoms with van der Waals surface area (Å²) in [5.41, 5.74) is -4.72. The molecule has 5 aliphatic carbocycles. The van der Waals surface area contributed by atoms with Crippen LogP contribution in [0.3, 0.4) is 0 Å². The maximum atomic E-state index is 14.1. The van der Waals surface area contributed by atoms with Crippen molar-refractivity contribution in [2.45, 2.75) is 94.5 Å². The van der Waals surface area contributed by atoms with Crippen LogP contribution in [-0.2, 0) is 38.1 Å². The highest BCUT2D eigenvalue weighted by molar-refractivity contribution is 6.22. The summed E-state index contributed by atoms with van der Waals surface area (Å²) in [5, 5.41) is 26.7. The number of ether oxygens (including phenoxy) is 5. The molecular weight excluding hydrogens is 660 g/mol. The molecule has 1 spiro atoms. The molecule has 5 saturated carbocycles. The number of hydrogen-bond donors (Lipinski definition) is 2. The summed E-state index contributed by atoms with van der Waals surface area (Å²) in [7, 11) is 4.85. The van der Waals surface area contributed by atoms with Gasteiger partial charge < -0.3 is 33.9 Å². The van der Waals surface area contributed by atoms with Gasteiger partial charge in [-0.2, -0.15) is 0 Å². The molecule has 7 fully saturated rings. The van der Waals surface area contributed by atoms with Gasteiger partial charge in [0.2, 0.25) is 11.8 Å². The zero-order chi connectivity index (χ0) is 36.4. The lowest BCUT2D eigenvalue weighted by atomic mass is 9.42. The van der Waals surface area contributed by atoms with Crippen LogP contribution in [0.15, 0.2) is 24.3 Å². The number of fused-ring (bicyclic) bond motifs is 2. The highest BCUT2D eigenvalue weighted by Crippen LogP contribution is 2.80. The first-order chi connectivity index (χ1) is 24.3. The Hall–Kier alpha value is -2.94. The van der Waals surface area contributed by atoms with Gasteiger partial charge in [0, 0.05) is 82.1 Å². The molecule has 2 saturated heterocycles. The number of nitrogens with zero attached hydrogens (tertiary/aromatic N) is 2. The molecule has 0 unspecified atom stereocenters. The summed E-state index contributed by atoms with van der Waals surface area (Å²) < 4.78 is 31.1. The minimum Gasteiger partial charge on any atom is -0.462 e. The first kappa shape index (κ1) is 35.1. The van der Waals surface area contributed by atoms with Crippen LogP contribution in [0.5, 0.6) is 0 Å². The number of anilines is 1. The number of esters is 2. The van der Waals surface area contributed by atoms with Crippen molar-refractivity contribution in [2.75, 3.05) is 45.9 Å². The lowest BCUT2D eigenvalue weighted by Gasteiger charge is -2.70. The van der Waals surface area contributed by atoms with Gasteiger partial charge in [-0.1, -0.05) is 26.0 Å². The highest BCUT2D eigenvalue weighted by atomic mass is 16.6. The van der Waals surface area contributed by atoms with E-state index in [1.54, 1.807) is 52.5 Å². The second kappa shape index (κ2) is 11.8. The van der Waals surface area contributed by atoms with E-state index in [1.807, 2.05) is 6.92 Å². The molecule has 7 bridgehead atoms. The molecule has 13 heteroatoms. The smallest absolute Gasteiger partial charge is 0.340 e. The van der Waals surface area contributed by atoms with Crippen LogP contribution in [0.2, 0.25) is 0 Å². The number of likely N-dealkylation sites (tertiary alicyclic amines) is 1. The molecular formula is C38H50N2O11. The Balaban J connectivity index is 1.24. The van der Waals surface area contributed by atoms with E-state index in [0.717, 1.165) is 4.90 Å². The zero-order valence-corrected chi connectivity index (χ0v) is 30.2. The Labute approximate surface area is 297 Å². The van der Waals surface area contributed by atoms with Crippen LogP contribution in [0.1, 0.15) is 63.2 Å². The van der Waals surface area contributed by atoms with E-state index in [4.69, 9.17) is 23.7 Å². The van der Waals surface area contributed by atoms with Crippen molar-refractivity contribution in [3.63, 3.8) is 0 Å². The molecule has 1 aromatic carbocycles. The average molecular weight is 711 g/mol. The second-order valence-electron chi connectivity index (χ2n) is 16.3. The number of carbonyl (C=O) groups excluding carboxylic acids is 4. The first-order valence-corrected chi connectivity index (χ1v) is 18.4. The third-order valence-corrected chi connectivity index (χ3v) is 14.6. The molecule has 1 aromatic rings. The summed E-state index contributed by atoms with van der Waals surface area (Å²) in [6.45, 7) is 6.10. The van der Waals surface area contributed by atoms with Crippen molar-refractivity contribution in [3.8, 4) is 0 Å². The monoisotopic (exact) mass is 710 g/mol. The van der Waals surface area contributed by atoms with Crippen LogP contribution < -0.4 is 4.90 Å². The van der Waals surface area contributed by atoms with Crippen LogP contribution >= 0.6 is 0 Å². The molecule has 0 aromatic heterocycles. The Morgan fingerprint density at radius 3 is 2.43 bits per heavy atom. The predicted octanol–water partition coefficient (Wildman–Crippen LogP) is 1.95. The quantitative estimate of drug-likeness (QED) is 0.284. The highest BCUT2D eigenvalue weighted by Gasteiger charge is 2.92. The molecule has 8 rings (SSSR count). The fourth-order valence-corrected chi connectivity index (χ4v) is 13.2. The number of benzene rings is 1. The normalized spacial score (nSPS) is 46.4. The molecule has 0 radical (unpaired) electrons. The summed E-state index contributed by atoms with van der Waals surface area (Å²) in [6.07, 6.45) is -0.303. The van der Waals surface area contributed by atoms with Crippen LogP contribution in [-0.4, -0.2) is 122 Å². The summed E-state index contributed by atoms with van der Waals surface area (Å²) in [4.78, 5) is 55.9. The van der Waals surface area contributed by atoms with Crippen molar-refractivity contribution in [1.82, 2.24) is 4.90 Å². The van der Waals surface area contributed by atoms with Crippen LogP contribution in [0, 0.1) is 40.4 Å². The number of carbonyl (C=O) groups is 4. The van der Waals surface area contributed by atoms with Gasteiger partial charge in [-0.3, -0.25) is 19.3 Å². The average Bonchev–Trinajstić information content (AvgIpc) is 3.61. The van der Waals surface area contributed by atoms with Crippen molar-refractivity contribution >= 4 is 29.4 Å². The van der Waals surface area contributed by atoms with Crippen LogP contribution in [0.25, 0.3) is 0 Å². The van der Waals surface area contributed by atoms with Gasteiger partial charge in [-0.05, 0) is 43.9 Å². The maximum absolute atomic E-state index is 14.1. The van der Waals surface area contributed by atoms with E-state index < -0.39 is 76.1 Å². The molecule has 14 atom stereocenters. The Kier molecular flexibility index (Phi) is 8.11. The number of rotatable bonds is 9. The van der Waals surface area contributed by atoms with Gasteiger partial charge in [0.25, 0.3) is 0 Å². The van der Waals surface area contributed by atoms with Gasteiger partial charge in [0.05, 0.1) is 42.2 Å². The molecule has 7 aliphatic rings. The van der Waals surface area contributed by atoms with Crippen molar-refractivity contribution in [3.05, 3.63) is 29.8 Å². The first-order valence-electron chi connectivity index (χ1n) is 18.4. The lowest BCUT2D eigenvalue weighted by Crippen LogP contribution is -2.82. The molecule has 13 nitrogen and oxygen atoms in total. The molecule has 2 aliphatic heterocycles. The Morgan fingerprint density at radius 1 is 1.06 bits per heavy atom. The Bertz CT molecular complexity index is 1650. The number of amides is 2. The number of para-hydroxylation sites is 1. The lowest BCUT2D eigenvalue weighted by molar-refractivity contribution is -0.319. The van der Waals surface area contributed by atoms with Crippen molar-refractivity contribution in [1.29, 1.82) is 0 Å². The molecule has 278 valence electrons. The third kappa shape index (κ3) is 4.19. The Morgan fingerprint density at radius 2 is 1.80 bits per heavy atom. The minimum atomic E-state index is -1.82. The third-order valence-electron chi connectivity index (χ3n) is 14.6. The standard InChI is InChI=1S/C38H50N2O11/c1-7-39-17-35(18-50-33(44)21-10-8-9-11-24(21)40-27(42)14-19(2)32(40)43)13-12-26(48-5)37-23-15-22-25(47-4)16-36(45,28(23)29(22)51-20(3)41)38(46,34(37)39)31(49-6)30(35)37/h8-11,19,22-23,25-26,28-31,34,45-46H,7,12-18H2,1-6H3/t19-,22+,23+,25-,26-,28+,29-,30+,31-,34-,35-,36+,37-,38+/m0/s1. The SMILES string of the molecule is CCN1C[C@]2(COC(=O)c3ccccc3N3C(=O)C[C@H](C)C3=O)CC[C@H](OC)[C@@]34[C@@H]5C[C@H]6[C@H](OC(C)=O)[C@@H]5[C@](O)(C[C@@H]6OC)[C@@](O)([C@@H](OC)[C@H]23)[C@@H]14. The molecule has 2 N–H and O–H groups in total. The molecule has 2 amide bonds.